The van der Waals surface area contributed by atoms with Crippen molar-refractivity contribution in [3.8, 4) is 0 Å². The summed E-state index contributed by atoms with van der Waals surface area (Å²) >= 11 is 0. The normalized spacial score (nSPS) is 9.21. The van der Waals surface area contributed by atoms with Crippen LogP contribution in [-0.4, -0.2) is 35.6 Å². The molecule has 3 aromatic heterocycles. The summed E-state index contributed by atoms with van der Waals surface area (Å²) in [6.07, 6.45) is 3.58. The summed E-state index contributed by atoms with van der Waals surface area (Å²) in [6, 6.07) is 15.8. The third-order valence-corrected chi connectivity index (χ3v) is 3.92. The number of hydrogen-bond acceptors (Lipinski definition) is 10. The van der Waals surface area contributed by atoms with Crippen LogP contribution in [0.3, 0.4) is 0 Å². The zero-order chi connectivity index (χ0) is 21.7. The first-order valence-electron chi connectivity index (χ1n) is 8.19. The molecular formula is C18H15N6NiO8+. The number of nitrogens with zero attached hydrogens (tertiary/aromatic N) is 6. The van der Waals surface area contributed by atoms with E-state index in [-0.39, 0.29) is 27.4 Å². The molecule has 0 amide bonds. The largest absolute Gasteiger partial charge is 2.00 e. The summed E-state index contributed by atoms with van der Waals surface area (Å²) in [5, 5.41) is 31.5. The van der Waals surface area contributed by atoms with Crippen molar-refractivity contribution < 1.29 is 37.6 Å². The fraction of sp³-hybridized carbons (Fsp3) is 0. The van der Waals surface area contributed by atoms with E-state index in [0.29, 0.717) is 0 Å². The second-order valence-electron chi connectivity index (χ2n) is 5.66. The standard InChI is InChI=1S/C18H10N4.2NO3.Ni.2H2O/c1-2-8-14-13(7-1)21-17-11-5-3-9-19-15(11)16-12(18(17)22-14)6-4-10-20-16;2*2-1(3)4;;;/h1-10H;;;;2*1H2/q;2*-1;+2;;/p+1. The van der Waals surface area contributed by atoms with Gasteiger partial charge in [-0.15, -0.1) is 0 Å². The Kier molecular flexibility index (Phi) is 10.9. The van der Waals surface area contributed by atoms with E-state index in [1.54, 1.807) is 12.4 Å². The molecular weight excluding hydrogens is 487 g/mol. The Morgan fingerprint density at radius 2 is 0.939 bits per heavy atom. The summed E-state index contributed by atoms with van der Waals surface area (Å²) in [5.74, 6) is 0. The first-order chi connectivity index (χ1) is 14.4. The van der Waals surface area contributed by atoms with Crippen LogP contribution in [0.4, 0.5) is 0 Å². The molecule has 0 fully saturated rings. The maximum Gasteiger partial charge on any atom is 2.00 e. The molecule has 0 atom stereocenters. The van der Waals surface area contributed by atoms with Crippen LogP contribution in [-0.2, 0) is 22.0 Å². The van der Waals surface area contributed by atoms with E-state index in [1.165, 1.54) is 0 Å². The number of para-hydroxylation sites is 2. The van der Waals surface area contributed by atoms with Crippen molar-refractivity contribution in [2.24, 2.45) is 0 Å². The molecule has 15 heteroatoms. The molecule has 0 unspecified atom stereocenters. The minimum Gasteiger partial charge on any atom is -0.457 e. The van der Waals surface area contributed by atoms with Gasteiger partial charge in [-0.05, 0) is 36.4 Å². The van der Waals surface area contributed by atoms with Gasteiger partial charge in [-0.3, -0.25) is 9.97 Å². The Morgan fingerprint density at radius 1 is 0.606 bits per heavy atom. The maximum absolute atomic E-state index is 8.25. The Hall–Kier alpha value is -4.33. The van der Waals surface area contributed by atoms with E-state index in [2.05, 4.69) is 9.97 Å². The fourth-order valence-electron chi connectivity index (χ4n) is 2.95. The van der Waals surface area contributed by atoms with E-state index in [9.17, 15) is 0 Å². The molecule has 0 aliphatic carbocycles. The average molecular weight is 502 g/mol. The predicted octanol–water partition coefficient (Wildman–Crippen LogP) is 1.65. The zero-order valence-electron chi connectivity index (χ0n) is 16.3. The van der Waals surface area contributed by atoms with Gasteiger partial charge in [0.2, 0.25) is 0 Å². The van der Waals surface area contributed by atoms with Crippen molar-refractivity contribution in [2.75, 3.05) is 0 Å². The summed E-state index contributed by atoms with van der Waals surface area (Å²) in [6.45, 7) is 0. The molecule has 0 aliphatic rings. The van der Waals surface area contributed by atoms with Crippen molar-refractivity contribution in [2.45, 2.75) is 0 Å². The third kappa shape index (κ3) is 6.57. The molecule has 33 heavy (non-hydrogen) atoms. The molecule has 14 nitrogen and oxygen atoms in total. The summed E-state index contributed by atoms with van der Waals surface area (Å²) in [7, 11) is 0. The first kappa shape index (κ1) is 28.7. The third-order valence-electron chi connectivity index (χ3n) is 3.92. The molecule has 0 saturated heterocycles. The molecule has 0 aliphatic heterocycles. The van der Waals surface area contributed by atoms with Gasteiger partial charge in [0.25, 0.3) is 0 Å². The molecule has 3 heterocycles. The summed E-state index contributed by atoms with van der Waals surface area (Å²) < 4.78 is 0. The maximum atomic E-state index is 8.25. The number of pyridine rings is 2. The van der Waals surface area contributed by atoms with Crippen molar-refractivity contribution in [3.63, 3.8) is 0 Å². The van der Waals surface area contributed by atoms with Gasteiger partial charge in [0.1, 0.15) is 0 Å². The van der Waals surface area contributed by atoms with Gasteiger partial charge in [-0.1, -0.05) is 12.1 Å². The Labute approximate surface area is 193 Å². The van der Waals surface area contributed by atoms with Gasteiger partial charge in [0.15, 0.2) is 0 Å². The van der Waals surface area contributed by atoms with Gasteiger partial charge < -0.3 is 41.6 Å². The van der Waals surface area contributed by atoms with E-state index >= 15 is 0 Å². The van der Waals surface area contributed by atoms with Crippen LogP contribution in [0.1, 0.15) is 0 Å². The summed E-state index contributed by atoms with van der Waals surface area (Å²) in [5.41, 5.74) is 5.28. The molecule has 2 aromatic carbocycles. The van der Waals surface area contributed by atoms with Crippen LogP contribution >= 0.6 is 0 Å². The zero-order valence-corrected chi connectivity index (χ0v) is 17.3. The quantitative estimate of drug-likeness (QED) is 0.0739. The number of fused-ring (bicyclic) bond motifs is 7. The molecule has 0 saturated carbocycles. The van der Waals surface area contributed by atoms with Gasteiger partial charge >= 0.3 is 16.5 Å². The van der Waals surface area contributed by atoms with Crippen LogP contribution < -0.4 is 0 Å². The second kappa shape index (κ2) is 12.5. The molecule has 0 spiro atoms. The minimum absolute atomic E-state index is 0. The molecule has 5 rings (SSSR count). The Bertz CT molecular complexity index is 1290. The monoisotopic (exact) mass is 501 g/mol. The van der Waals surface area contributed by atoms with Crippen molar-refractivity contribution in [1.82, 2.24) is 19.9 Å². The van der Waals surface area contributed by atoms with Crippen molar-refractivity contribution in [3.05, 3.63) is 91.6 Å². The number of aromatic nitrogens is 4. The average Bonchev–Trinajstić information content (AvgIpc) is 2.72. The molecule has 0 radical (unpaired) electrons. The molecule has 5 N–H and O–H groups in total. The molecule has 0 bridgehead atoms. The van der Waals surface area contributed by atoms with Crippen LogP contribution in [0, 0.1) is 30.6 Å². The number of benzene rings is 2. The first-order valence-corrected chi connectivity index (χ1v) is 8.19. The van der Waals surface area contributed by atoms with Gasteiger partial charge in [0, 0.05) is 23.2 Å². The SMILES string of the molecule is O.O=[N+]([O-])[O-].O=[N+]([O-])[O-].[Ni+2].[OH3+].c1ccc2nc3c4cccnc4c4ncccc4c3nc2c1. The smallest absolute Gasteiger partial charge is 0.457 e. The van der Waals surface area contributed by atoms with E-state index in [1.807, 2.05) is 48.5 Å². The number of hydrogen-bond donors (Lipinski definition) is 0. The van der Waals surface area contributed by atoms with Crippen LogP contribution in [0.15, 0.2) is 60.9 Å². The van der Waals surface area contributed by atoms with Gasteiger partial charge in [0.05, 0.1) is 43.3 Å². The molecule has 174 valence electrons. The second-order valence-corrected chi connectivity index (χ2v) is 5.66. The van der Waals surface area contributed by atoms with E-state index in [4.69, 9.17) is 40.6 Å². The van der Waals surface area contributed by atoms with Gasteiger partial charge in [-0.2, -0.15) is 0 Å². The fourth-order valence-corrected chi connectivity index (χ4v) is 2.95. The topological polar surface area (TPSA) is 248 Å². The minimum atomic E-state index is -1.75. The van der Waals surface area contributed by atoms with Crippen molar-refractivity contribution in [1.29, 1.82) is 0 Å². The van der Waals surface area contributed by atoms with E-state index in [0.717, 1.165) is 43.9 Å². The van der Waals surface area contributed by atoms with Crippen molar-refractivity contribution >= 4 is 43.9 Å². The predicted molar refractivity (Wildman–Crippen MR) is 117 cm³/mol. The van der Waals surface area contributed by atoms with Crippen LogP contribution in [0.5, 0.6) is 0 Å². The molecule has 5 aromatic rings. The van der Waals surface area contributed by atoms with Gasteiger partial charge in [-0.25, -0.2) is 9.97 Å². The Morgan fingerprint density at radius 3 is 1.27 bits per heavy atom. The van der Waals surface area contributed by atoms with Crippen LogP contribution in [0.2, 0.25) is 0 Å². The summed E-state index contributed by atoms with van der Waals surface area (Å²) in [4.78, 5) is 35.2. The van der Waals surface area contributed by atoms with E-state index < -0.39 is 10.2 Å². The van der Waals surface area contributed by atoms with Crippen LogP contribution in [0.25, 0.3) is 43.9 Å². The number of rotatable bonds is 0. The Balaban J connectivity index is 0.000000823.